The lowest BCUT2D eigenvalue weighted by Crippen LogP contribution is -2.36. The lowest BCUT2D eigenvalue weighted by molar-refractivity contribution is 0.134. The third kappa shape index (κ3) is 7.16. The van der Waals surface area contributed by atoms with E-state index in [0.29, 0.717) is 0 Å². The predicted molar refractivity (Wildman–Crippen MR) is 66.4 cm³/mol. The van der Waals surface area contributed by atoms with Crippen molar-refractivity contribution < 1.29 is 14.3 Å². The summed E-state index contributed by atoms with van der Waals surface area (Å²) in [7, 11) is 0. The number of nitrogens with two attached hydrogens (primary N) is 1. The highest BCUT2D eigenvalue weighted by atomic mass is 16.5. The fourth-order valence-electron chi connectivity index (χ4n) is 1.19. The lowest BCUT2D eigenvalue weighted by atomic mass is 9.95. The van der Waals surface area contributed by atoms with Gasteiger partial charge in [-0.2, -0.15) is 0 Å². The Bertz CT molecular complexity index is 335. The van der Waals surface area contributed by atoms with E-state index in [1.54, 1.807) is 0 Å². The summed E-state index contributed by atoms with van der Waals surface area (Å²) in [5.74, 6) is 0.0461. The highest BCUT2D eigenvalue weighted by molar-refractivity contribution is 5.89. The van der Waals surface area contributed by atoms with Crippen LogP contribution < -0.4 is 11.1 Å². The molecule has 3 N–H and O–H groups in total. The van der Waals surface area contributed by atoms with Crippen LogP contribution in [0.4, 0.5) is 9.59 Å². The molecule has 0 aromatic heterocycles. The van der Waals surface area contributed by atoms with Gasteiger partial charge in [-0.05, 0) is 27.2 Å². The number of ether oxygens (including phenoxy) is 1. The summed E-state index contributed by atoms with van der Waals surface area (Å²) in [6.07, 6.45) is 1.94. The van der Waals surface area contributed by atoms with Crippen molar-refractivity contribution in [3.8, 4) is 0 Å². The quantitative estimate of drug-likeness (QED) is 0.724. The Balaban J connectivity index is 4.23. The van der Waals surface area contributed by atoms with Gasteiger partial charge in [0.15, 0.2) is 0 Å². The van der Waals surface area contributed by atoms with Crippen LogP contribution in [-0.2, 0) is 4.74 Å². The fourth-order valence-corrected chi connectivity index (χ4v) is 1.19. The van der Waals surface area contributed by atoms with Crippen molar-refractivity contribution in [3.05, 3.63) is 23.8 Å². The van der Waals surface area contributed by atoms with E-state index in [2.05, 4.69) is 6.58 Å². The number of primary amides is 1. The van der Waals surface area contributed by atoms with Crippen molar-refractivity contribution in [2.45, 2.75) is 27.2 Å². The maximum atomic E-state index is 11.1. The van der Waals surface area contributed by atoms with E-state index in [1.807, 2.05) is 32.2 Å². The monoisotopic (exact) mass is 240 g/mol. The molecular formula is C12H20N2O3. The Hall–Kier alpha value is -1.78. The second-order valence-corrected chi connectivity index (χ2v) is 3.97. The fraction of sp³-hybridized carbons (Fsp3) is 0.500. The number of nitrogens with one attached hydrogen (secondary N) is 1. The van der Waals surface area contributed by atoms with Gasteiger partial charge >= 0.3 is 12.1 Å². The minimum atomic E-state index is -0.925. The number of carbonyl (C=O) groups is 2. The Labute approximate surface area is 102 Å². The lowest BCUT2D eigenvalue weighted by Gasteiger charge is -2.17. The molecule has 3 amide bonds. The molecule has 0 saturated heterocycles. The van der Waals surface area contributed by atoms with Crippen LogP contribution in [0, 0.1) is 5.92 Å². The maximum absolute atomic E-state index is 11.1. The molecule has 5 nitrogen and oxygen atoms in total. The van der Waals surface area contributed by atoms with Gasteiger partial charge in [0, 0.05) is 5.92 Å². The first-order chi connectivity index (χ1) is 7.86. The van der Waals surface area contributed by atoms with Gasteiger partial charge in [-0.25, -0.2) is 14.9 Å². The molecule has 0 aliphatic carbocycles. The topological polar surface area (TPSA) is 81.4 Å². The van der Waals surface area contributed by atoms with Gasteiger partial charge in [0.25, 0.3) is 0 Å². The average Bonchev–Trinajstić information content (AvgIpc) is 2.22. The molecule has 0 fully saturated rings. The zero-order valence-electron chi connectivity index (χ0n) is 10.6. The van der Waals surface area contributed by atoms with Crippen LogP contribution in [0.5, 0.6) is 0 Å². The molecule has 0 bridgehead atoms. The molecule has 0 radical (unpaired) electrons. The molecule has 0 saturated carbocycles. The molecule has 0 heterocycles. The highest BCUT2D eigenvalue weighted by Crippen LogP contribution is 2.18. The number of hydrogen-bond acceptors (Lipinski definition) is 3. The molecule has 96 valence electrons. The van der Waals surface area contributed by atoms with E-state index in [1.165, 1.54) is 5.57 Å². The van der Waals surface area contributed by atoms with Gasteiger partial charge in [0.2, 0.25) is 0 Å². The number of amides is 3. The van der Waals surface area contributed by atoms with Gasteiger partial charge in [-0.1, -0.05) is 23.8 Å². The summed E-state index contributed by atoms with van der Waals surface area (Å²) in [6, 6.07) is -0.925. The van der Waals surface area contributed by atoms with Crippen molar-refractivity contribution in [1.29, 1.82) is 0 Å². The van der Waals surface area contributed by atoms with E-state index in [4.69, 9.17) is 10.5 Å². The number of urea groups is 1. The van der Waals surface area contributed by atoms with Crippen LogP contribution in [0.25, 0.3) is 0 Å². The minimum absolute atomic E-state index is 0.0461. The molecular weight excluding hydrogens is 220 g/mol. The number of allylic oxidation sites excluding steroid dienone is 2. The van der Waals surface area contributed by atoms with Crippen LogP contribution >= 0.6 is 0 Å². The van der Waals surface area contributed by atoms with Gasteiger partial charge in [0.1, 0.15) is 6.61 Å². The molecule has 0 rings (SSSR count). The van der Waals surface area contributed by atoms with E-state index in [0.717, 1.165) is 12.0 Å². The zero-order chi connectivity index (χ0) is 13.4. The van der Waals surface area contributed by atoms with Crippen LogP contribution in [0.3, 0.4) is 0 Å². The molecule has 0 aliphatic rings. The molecule has 0 spiro atoms. The van der Waals surface area contributed by atoms with Crippen molar-refractivity contribution in [3.63, 3.8) is 0 Å². The van der Waals surface area contributed by atoms with Gasteiger partial charge in [0.05, 0.1) is 0 Å². The number of imide groups is 1. The van der Waals surface area contributed by atoms with Gasteiger partial charge < -0.3 is 10.5 Å². The van der Waals surface area contributed by atoms with Gasteiger partial charge in [-0.3, -0.25) is 0 Å². The Morgan fingerprint density at radius 3 is 2.47 bits per heavy atom. The molecule has 0 aromatic rings. The van der Waals surface area contributed by atoms with Gasteiger partial charge in [-0.15, -0.1) is 0 Å². The van der Waals surface area contributed by atoms with E-state index in [9.17, 15) is 9.59 Å². The zero-order valence-corrected chi connectivity index (χ0v) is 10.6. The van der Waals surface area contributed by atoms with Crippen molar-refractivity contribution in [1.82, 2.24) is 5.32 Å². The standard InChI is InChI=1S/C12H20N2O3/c1-5-9(4)6-10(8(2)3)7-17-12(16)14-11(13)15/h5,10H,2,6-7H2,1,3-4H3,(H3,13,14,15,16). The van der Waals surface area contributed by atoms with Crippen LogP contribution in [-0.4, -0.2) is 18.7 Å². The SMILES string of the molecule is C=C(C)C(COC(=O)NC(N)=O)CC(C)=CC. The number of carbonyl (C=O) groups excluding carboxylic acids is 2. The third-order valence-corrected chi connectivity index (χ3v) is 2.40. The summed E-state index contributed by atoms with van der Waals surface area (Å²) >= 11 is 0. The summed E-state index contributed by atoms with van der Waals surface area (Å²) in [6.45, 7) is 9.86. The Kier molecular flexibility index (Phi) is 6.70. The number of alkyl carbamates (subject to hydrolysis) is 1. The summed E-state index contributed by atoms with van der Waals surface area (Å²) < 4.78 is 4.88. The first-order valence-corrected chi connectivity index (χ1v) is 5.37. The van der Waals surface area contributed by atoms with E-state index < -0.39 is 12.1 Å². The minimum Gasteiger partial charge on any atom is -0.449 e. The maximum Gasteiger partial charge on any atom is 0.415 e. The number of rotatable bonds is 5. The summed E-state index contributed by atoms with van der Waals surface area (Å²) in [5.41, 5.74) is 6.90. The van der Waals surface area contributed by atoms with Crippen LogP contribution in [0.2, 0.25) is 0 Å². The summed E-state index contributed by atoms with van der Waals surface area (Å²) in [4.78, 5) is 21.5. The molecule has 17 heavy (non-hydrogen) atoms. The molecule has 5 heteroatoms. The first kappa shape index (κ1) is 15.2. The van der Waals surface area contributed by atoms with E-state index in [-0.39, 0.29) is 12.5 Å². The van der Waals surface area contributed by atoms with Crippen LogP contribution in [0.1, 0.15) is 27.2 Å². The number of hydrogen-bond donors (Lipinski definition) is 2. The average molecular weight is 240 g/mol. The normalized spacial score (nSPS) is 12.8. The summed E-state index contributed by atoms with van der Waals surface area (Å²) in [5, 5.41) is 1.84. The second-order valence-electron chi connectivity index (χ2n) is 3.97. The largest absolute Gasteiger partial charge is 0.449 e. The smallest absolute Gasteiger partial charge is 0.415 e. The van der Waals surface area contributed by atoms with Crippen molar-refractivity contribution >= 4 is 12.1 Å². The second kappa shape index (κ2) is 7.49. The third-order valence-electron chi connectivity index (χ3n) is 2.40. The molecule has 1 atom stereocenters. The molecule has 0 aromatic carbocycles. The Morgan fingerprint density at radius 2 is 2.06 bits per heavy atom. The van der Waals surface area contributed by atoms with E-state index >= 15 is 0 Å². The van der Waals surface area contributed by atoms with Crippen molar-refractivity contribution in [2.24, 2.45) is 11.7 Å². The Morgan fingerprint density at radius 1 is 1.47 bits per heavy atom. The molecule has 0 aliphatic heterocycles. The predicted octanol–water partition coefficient (Wildman–Crippen LogP) is 2.34. The first-order valence-electron chi connectivity index (χ1n) is 5.37. The molecule has 1 unspecified atom stereocenters. The highest BCUT2D eigenvalue weighted by Gasteiger charge is 2.14. The van der Waals surface area contributed by atoms with Crippen LogP contribution in [0.15, 0.2) is 23.8 Å². The van der Waals surface area contributed by atoms with Crippen molar-refractivity contribution in [2.75, 3.05) is 6.61 Å².